The van der Waals surface area contributed by atoms with Gasteiger partial charge in [0.2, 0.25) is 5.88 Å². The van der Waals surface area contributed by atoms with Crippen LogP contribution in [0.25, 0.3) is 0 Å². The fourth-order valence-corrected chi connectivity index (χ4v) is 1.96. The maximum Gasteiger partial charge on any atom is 0.212 e. The number of pyridine rings is 1. The van der Waals surface area contributed by atoms with Crippen LogP contribution in [-0.2, 0) is 6.54 Å². The van der Waals surface area contributed by atoms with Gasteiger partial charge in [-0.1, -0.05) is 25.3 Å². The maximum atomic E-state index is 5.02. The van der Waals surface area contributed by atoms with Crippen molar-refractivity contribution in [3.05, 3.63) is 23.9 Å². The van der Waals surface area contributed by atoms with E-state index < -0.39 is 0 Å². The number of nitrogens with one attached hydrogen (secondary N) is 1. The van der Waals surface area contributed by atoms with Crippen LogP contribution in [0.2, 0.25) is 0 Å². The summed E-state index contributed by atoms with van der Waals surface area (Å²) in [5.41, 5.74) is 1.22. The Labute approximate surface area is 97.2 Å². The fraction of sp³-hybridized carbons (Fsp3) is 0.615. The van der Waals surface area contributed by atoms with Gasteiger partial charge >= 0.3 is 0 Å². The molecule has 0 radical (unpaired) electrons. The molecule has 3 heteroatoms. The lowest BCUT2D eigenvalue weighted by atomic mass is 9.83. The van der Waals surface area contributed by atoms with Crippen molar-refractivity contribution in [3.63, 3.8) is 0 Å². The molecular weight excluding hydrogens is 200 g/mol. The topological polar surface area (TPSA) is 34.1 Å². The maximum absolute atomic E-state index is 5.02. The lowest BCUT2D eigenvalue weighted by Crippen LogP contribution is -2.21. The molecule has 1 aromatic rings. The van der Waals surface area contributed by atoms with Gasteiger partial charge in [0.25, 0.3) is 0 Å². The van der Waals surface area contributed by atoms with Gasteiger partial charge < -0.3 is 10.1 Å². The van der Waals surface area contributed by atoms with Crippen LogP contribution in [0.1, 0.15) is 31.2 Å². The second-order valence-electron chi connectivity index (χ2n) is 4.47. The smallest absolute Gasteiger partial charge is 0.212 e. The second-order valence-corrected chi connectivity index (χ2v) is 4.47. The molecule has 3 nitrogen and oxygen atoms in total. The molecule has 0 unspecified atom stereocenters. The Morgan fingerprint density at radius 2 is 2.31 bits per heavy atom. The van der Waals surface area contributed by atoms with E-state index in [0.717, 1.165) is 19.0 Å². The van der Waals surface area contributed by atoms with Gasteiger partial charge in [-0.25, -0.2) is 4.98 Å². The standard InChI is InChI=1S/C13H20N2O/c1-16-13-6-5-12(10-15-13)9-14-8-7-11-3-2-4-11/h5-6,10-11,14H,2-4,7-9H2,1H3. The van der Waals surface area contributed by atoms with E-state index in [0.29, 0.717) is 5.88 Å². The first kappa shape index (κ1) is 11.4. The summed E-state index contributed by atoms with van der Waals surface area (Å²) in [5, 5.41) is 3.46. The SMILES string of the molecule is COc1ccc(CNCCC2CCC2)cn1. The molecule has 1 fully saturated rings. The van der Waals surface area contributed by atoms with Crippen molar-refractivity contribution in [2.24, 2.45) is 5.92 Å². The molecule has 1 aromatic heterocycles. The average molecular weight is 220 g/mol. The summed E-state index contributed by atoms with van der Waals surface area (Å²) in [4.78, 5) is 4.18. The van der Waals surface area contributed by atoms with Gasteiger partial charge in [-0.05, 0) is 24.4 Å². The van der Waals surface area contributed by atoms with Gasteiger partial charge in [0.05, 0.1) is 7.11 Å². The molecule has 0 spiro atoms. The molecule has 0 atom stereocenters. The van der Waals surface area contributed by atoms with E-state index in [-0.39, 0.29) is 0 Å². The van der Waals surface area contributed by atoms with E-state index in [1.165, 1.54) is 31.2 Å². The third-order valence-electron chi connectivity index (χ3n) is 3.29. The Kier molecular flexibility index (Phi) is 4.17. The molecule has 88 valence electrons. The largest absolute Gasteiger partial charge is 0.481 e. The first-order chi connectivity index (χ1) is 7.88. The van der Waals surface area contributed by atoms with Crippen LogP contribution in [-0.4, -0.2) is 18.6 Å². The van der Waals surface area contributed by atoms with Gasteiger partial charge in [0.1, 0.15) is 0 Å². The molecule has 0 aromatic carbocycles. The lowest BCUT2D eigenvalue weighted by Gasteiger charge is -2.25. The van der Waals surface area contributed by atoms with Crippen LogP contribution in [0.3, 0.4) is 0 Å². The van der Waals surface area contributed by atoms with Crippen molar-refractivity contribution in [2.45, 2.75) is 32.2 Å². The van der Waals surface area contributed by atoms with Crippen LogP contribution in [0.15, 0.2) is 18.3 Å². The van der Waals surface area contributed by atoms with E-state index >= 15 is 0 Å². The summed E-state index contributed by atoms with van der Waals surface area (Å²) in [6.07, 6.45) is 7.50. The van der Waals surface area contributed by atoms with Gasteiger partial charge in [-0.2, -0.15) is 0 Å². The van der Waals surface area contributed by atoms with Crippen LogP contribution in [0.5, 0.6) is 5.88 Å². The molecule has 0 bridgehead atoms. The molecule has 0 amide bonds. The number of rotatable bonds is 6. The summed E-state index contributed by atoms with van der Waals surface area (Å²) in [7, 11) is 1.64. The zero-order valence-corrected chi connectivity index (χ0v) is 9.91. The number of hydrogen-bond donors (Lipinski definition) is 1. The van der Waals surface area contributed by atoms with Gasteiger partial charge in [0, 0.05) is 18.8 Å². The quantitative estimate of drug-likeness (QED) is 0.747. The summed E-state index contributed by atoms with van der Waals surface area (Å²) < 4.78 is 5.02. The van der Waals surface area contributed by atoms with Crippen LogP contribution >= 0.6 is 0 Å². The second kappa shape index (κ2) is 5.85. The Hall–Kier alpha value is -1.09. The summed E-state index contributed by atoms with van der Waals surface area (Å²) in [5.74, 6) is 1.67. The predicted octanol–water partition coefficient (Wildman–Crippen LogP) is 2.37. The van der Waals surface area contributed by atoms with Crippen LogP contribution in [0, 0.1) is 5.92 Å². The Morgan fingerprint density at radius 3 is 2.88 bits per heavy atom. The van der Waals surface area contributed by atoms with Crippen LogP contribution < -0.4 is 10.1 Å². The molecule has 1 aliphatic rings. The lowest BCUT2D eigenvalue weighted by molar-refractivity contribution is 0.292. The zero-order valence-electron chi connectivity index (χ0n) is 9.91. The van der Waals surface area contributed by atoms with Crippen molar-refractivity contribution in [2.75, 3.05) is 13.7 Å². The van der Waals surface area contributed by atoms with E-state index in [1.54, 1.807) is 7.11 Å². The Morgan fingerprint density at radius 1 is 1.44 bits per heavy atom. The number of aromatic nitrogens is 1. The van der Waals surface area contributed by atoms with E-state index in [9.17, 15) is 0 Å². The first-order valence-corrected chi connectivity index (χ1v) is 6.08. The summed E-state index contributed by atoms with van der Waals surface area (Å²) in [6.45, 7) is 2.03. The fourth-order valence-electron chi connectivity index (χ4n) is 1.96. The highest BCUT2D eigenvalue weighted by Gasteiger charge is 2.15. The minimum absolute atomic E-state index is 0.679. The number of ether oxygens (including phenoxy) is 1. The molecule has 0 aliphatic heterocycles. The molecule has 1 N–H and O–H groups in total. The molecular formula is C13H20N2O. The van der Waals surface area contributed by atoms with Crippen molar-refractivity contribution in [1.29, 1.82) is 0 Å². The van der Waals surface area contributed by atoms with Crippen LogP contribution in [0.4, 0.5) is 0 Å². The van der Waals surface area contributed by atoms with Gasteiger partial charge in [-0.15, -0.1) is 0 Å². The van der Waals surface area contributed by atoms with E-state index in [4.69, 9.17) is 4.74 Å². The van der Waals surface area contributed by atoms with Gasteiger partial charge in [-0.3, -0.25) is 0 Å². The molecule has 16 heavy (non-hydrogen) atoms. The van der Waals surface area contributed by atoms with E-state index in [2.05, 4.69) is 16.4 Å². The highest BCUT2D eigenvalue weighted by Crippen LogP contribution is 2.28. The Balaban J connectivity index is 1.64. The molecule has 1 saturated carbocycles. The predicted molar refractivity (Wildman–Crippen MR) is 64.5 cm³/mol. The minimum atomic E-state index is 0.679. The minimum Gasteiger partial charge on any atom is -0.481 e. The zero-order chi connectivity index (χ0) is 11.2. The summed E-state index contributed by atoms with van der Waals surface area (Å²) in [6, 6.07) is 3.96. The highest BCUT2D eigenvalue weighted by atomic mass is 16.5. The Bertz CT molecular complexity index is 306. The molecule has 1 heterocycles. The monoisotopic (exact) mass is 220 g/mol. The number of methoxy groups -OCH3 is 1. The number of nitrogens with zero attached hydrogens (tertiary/aromatic N) is 1. The summed E-state index contributed by atoms with van der Waals surface area (Å²) >= 11 is 0. The van der Waals surface area contributed by atoms with Crippen molar-refractivity contribution >= 4 is 0 Å². The molecule has 2 rings (SSSR count). The van der Waals surface area contributed by atoms with Crippen molar-refractivity contribution in [1.82, 2.24) is 10.3 Å². The average Bonchev–Trinajstić information content (AvgIpc) is 2.27. The molecule has 0 saturated heterocycles. The first-order valence-electron chi connectivity index (χ1n) is 6.08. The highest BCUT2D eigenvalue weighted by molar-refractivity contribution is 5.17. The van der Waals surface area contributed by atoms with Gasteiger partial charge in [0.15, 0.2) is 0 Å². The third kappa shape index (κ3) is 3.20. The van der Waals surface area contributed by atoms with Crippen molar-refractivity contribution in [3.8, 4) is 5.88 Å². The number of hydrogen-bond acceptors (Lipinski definition) is 3. The molecule has 1 aliphatic carbocycles. The third-order valence-corrected chi connectivity index (χ3v) is 3.29. The van der Waals surface area contributed by atoms with Crippen molar-refractivity contribution < 1.29 is 4.74 Å². The normalized spacial score (nSPS) is 15.8. The van der Waals surface area contributed by atoms with E-state index in [1.807, 2.05) is 12.3 Å².